The number of amides is 1. The smallest absolute Gasteiger partial charge is 0.223 e. The second-order valence-electron chi connectivity index (χ2n) is 7.26. The fourth-order valence-electron chi connectivity index (χ4n) is 3.19. The minimum atomic E-state index is 0.212. The topological polar surface area (TPSA) is 72.9 Å². The van der Waals surface area contributed by atoms with Crippen molar-refractivity contribution in [1.82, 2.24) is 20.5 Å². The van der Waals surface area contributed by atoms with Gasteiger partial charge in [-0.25, -0.2) is 9.98 Å². The third-order valence-corrected chi connectivity index (χ3v) is 5.78. The van der Waals surface area contributed by atoms with Crippen molar-refractivity contribution in [2.75, 3.05) is 32.1 Å². The molecule has 1 aromatic heterocycles. The summed E-state index contributed by atoms with van der Waals surface area (Å²) in [5.41, 5.74) is 3.49. The molecule has 1 aromatic carbocycles. The lowest BCUT2D eigenvalue weighted by Crippen LogP contribution is -2.38. The van der Waals surface area contributed by atoms with E-state index in [0.29, 0.717) is 19.5 Å². The first kappa shape index (κ1) is 21.1. The molecule has 2 N–H and O–H groups in total. The molecule has 7 nitrogen and oxygen atoms in total. The fraction of sp³-hybridized carbons (Fsp3) is 0.476. The van der Waals surface area contributed by atoms with E-state index >= 15 is 0 Å². The molecule has 0 aliphatic carbocycles. The fourth-order valence-corrected chi connectivity index (χ4v) is 3.94. The van der Waals surface area contributed by atoms with Gasteiger partial charge >= 0.3 is 0 Å². The van der Waals surface area contributed by atoms with Crippen molar-refractivity contribution in [3.8, 4) is 0 Å². The van der Waals surface area contributed by atoms with Crippen LogP contribution in [0.1, 0.15) is 36.6 Å². The van der Waals surface area contributed by atoms with Gasteiger partial charge in [-0.3, -0.25) is 4.79 Å². The van der Waals surface area contributed by atoms with Crippen molar-refractivity contribution < 1.29 is 4.79 Å². The van der Waals surface area contributed by atoms with E-state index in [1.165, 1.54) is 11.1 Å². The lowest BCUT2D eigenvalue weighted by molar-refractivity contribution is -0.131. The summed E-state index contributed by atoms with van der Waals surface area (Å²) in [6, 6.07) is 8.27. The molecule has 0 saturated carbocycles. The Morgan fingerprint density at radius 1 is 1.24 bits per heavy atom. The number of carbonyl (C=O) groups is 1. The number of guanidine groups is 1. The molecule has 2 aromatic rings. The Labute approximate surface area is 176 Å². The predicted octanol–water partition coefficient (Wildman–Crippen LogP) is 2.59. The van der Waals surface area contributed by atoms with E-state index in [4.69, 9.17) is 0 Å². The molecule has 0 radical (unpaired) electrons. The van der Waals surface area contributed by atoms with Gasteiger partial charge in [0.1, 0.15) is 0 Å². The van der Waals surface area contributed by atoms with E-state index in [-0.39, 0.29) is 5.91 Å². The van der Waals surface area contributed by atoms with Gasteiger partial charge in [-0.05, 0) is 24.5 Å². The summed E-state index contributed by atoms with van der Waals surface area (Å²) in [5.74, 6) is 0.969. The number of rotatable bonds is 8. The number of thiazole rings is 1. The van der Waals surface area contributed by atoms with Crippen LogP contribution in [0.5, 0.6) is 0 Å². The monoisotopic (exact) mass is 414 g/mol. The molecule has 156 valence electrons. The van der Waals surface area contributed by atoms with E-state index in [1.807, 2.05) is 48.3 Å². The predicted molar refractivity (Wildman–Crippen MR) is 119 cm³/mol. The summed E-state index contributed by atoms with van der Waals surface area (Å²) in [4.78, 5) is 25.6. The minimum absolute atomic E-state index is 0.212. The Hall–Kier alpha value is -2.61. The molecular formula is C21H30N6OS. The summed E-state index contributed by atoms with van der Waals surface area (Å²) in [7, 11) is 3.97. The summed E-state index contributed by atoms with van der Waals surface area (Å²) in [5, 5.41) is 9.58. The van der Waals surface area contributed by atoms with Crippen molar-refractivity contribution in [3.05, 3.63) is 46.5 Å². The van der Waals surface area contributed by atoms with Gasteiger partial charge in [0.2, 0.25) is 5.91 Å². The Morgan fingerprint density at radius 2 is 1.97 bits per heavy atom. The highest BCUT2D eigenvalue weighted by molar-refractivity contribution is 7.13. The second-order valence-corrected chi connectivity index (χ2v) is 8.10. The summed E-state index contributed by atoms with van der Waals surface area (Å²) in [6.07, 6.45) is 1.32. The number of hydrogen-bond donors (Lipinski definition) is 2. The maximum atomic E-state index is 12.5. The number of anilines is 1. The average Bonchev–Trinajstić information content (AvgIpc) is 3.36. The van der Waals surface area contributed by atoms with Gasteiger partial charge in [-0.15, -0.1) is 11.3 Å². The van der Waals surface area contributed by atoms with Gasteiger partial charge in [-0.1, -0.05) is 24.3 Å². The molecule has 3 rings (SSSR count). The molecule has 1 amide bonds. The van der Waals surface area contributed by atoms with E-state index < -0.39 is 0 Å². The van der Waals surface area contributed by atoms with Gasteiger partial charge < -0.3 is 20.4 Å². The molecule has 0 atom stereocenters. The van der Waals surface area contributed by atoms with E-state index in [1.54, 1.807) is 11.3 Å². The first-order chi connectivity index (χ1) is 14.1. The third-order valence-electron chi connectivity index (χ3n) is 4.72. The van der Waals surface area contributed by atoms with Crippen molar-refractivity contribution in [2.24, 2.45) is 4.99 Å². The highest BCUT2D eigenvalue weighted by Crippen LogP contribution is 2.23. The van der Waals surface area contributed by atoms with E-state index in [9.17, 15) is 4.79 Å². The summed E-state index contributed by atoms with van der Waals surface area (Å²) >= 11 is 1.62. The molecule has 1 aliphatic heterocycles. The largest absolute Gasteiger partial charge is 0.357 e. The van der Waals surface area contributed by atoms with Crippen LogP contribution in [0.25, 0.3) is 0 Å². The van der Waals surface area contributed by atoms with Crippen LogP contribution >= 0.6 is 11.3 Å². The third kappa shape index (κ3) is 5.93. The molecule has 2 heterocycles. The van der Waals surface area contributed by atoms with Crippen LogP contribution in [-0.2, 0) is 24.4 Å². The number of aromatic nitrogens is 1. The van der Waals surface area contributed by atoms with Gasteiger partial charge in [-0.2, -0.15) is 0 Å². The molecule has 0 spiro atoms. The SMILES string of the molecule is CCNC(=NCc1csc(N(C)C)n1)NCCCC(=O)N1Cc2ccccc2C1. The Balaban J connectivity index is 1.41. The number of nitrogens with zero attached hydrogens (tertiary/aromatic N) is 4. The first-order valence-electron chi connectivity index (χ1n) is 10.0. The van der Waals surface area contributed by atoms with Gasteiger partial charge in [0.25, 0.3) is 0 Å². The zero-order valence-electron chi connectivity index (χ0n) is 17.4. The molecule has 0 bridgehead atoms. The normalized spacial score (nSPS) is 13.3. The van der Waals surface area contributed by atoms with Crippen LogP contribution in [0.4, 0.5) is 5.13 Å². The number of benzene rings is 1. The maximum absolute atomic E-state index is 12.5. The van der Waals surface area contributed by atoms with Gasteiger partial charge in [0.05, 0.1) is 12.2 Å². The van der Waals surface area contributed by atoms with Crippen LogP contribution in [0.15, 0.2) is 34.6 Å². The van der Waals surface area contributed by atoms with Crippen LogP contribution < -0.4 is 15.5 Å². The molecule has 8 heteroatoms. The highest BCUT2D eigenvalue weighted by atomic mass is 32.1. The zero-order chi connectivity index (χ0) is 20.6. The van der Waals surface area contributed by atoms with E-state index in [2.05, 4.69) is 32.7 Å². The summed E-state index contributed by atoms with van der Waals surface area (Å²) in [6.45, 7) is 5.53. The average molecular weight is 415 g/mol. The van der Waals surface area contributed by atoms with Gasteiger partial charge in [0.15, 0.2) is 11.1 Å². The number of hydrogen-bond acceptors (Lipinski definition) is 5. The number of aliphatic imine (C=N–C) groups is 1. The molecule has 0 unspecified atom stereocenters. The van der Waals surface area contributed by atoms with E-state index in [0.717, 1.165) is 42.8 Å². The summed E-state index contributed by atoms with van der Waals surface area (Å²) < 4.78 is 0. The van der Waals surface area contributed by atoms with Crippen molar-refractivity contribution in [1.29, 1.82) is 0 Å². The Bertz CT molecular complexity index is 822. The van der Waals surface area contributed by atoms with Crippen molar-refractivity contribution in [3.63, 3.8) is 0 Å². The highest BCUT2D eigenvalue weighted by Gasteiger charge is 2.22. The Morgan fingerprint density at radius 3 is 2.59 bits per heavy atom. The number of fused-ring (bicyclic) bond motifs is 1. The van der Waals surface area contributed by atoms with Crippen LogP contribution in [-0.4, -0.2) is 48.9 Å². The molecule has 0 saturated heterocycles. The lowest BCUT2D eigenvalue weighted by Gasteiger charge is -2.16. The van der Waals surface area contributed by atoms with Crippen molar-refractivity contribution >= 4 is 28.3 Å². The molecule has 1 aliphatic rings. The standard InChI is InChI=1S/C21H30N6OS/c1-4-22-20(24-12-18-15-29-21(25-18)26(2)3)23-11-7-10-19(28)27-13-16-8-5-6-9-17(16)14-27/h5-6,8-9,15H,4,7,10-14H2,1-3H3,(H2,22,23,24). The van der Waals surface area contributed by atoms with Crippen molar-refractivity contribution in [2.45, 2.75) is 39.4 Å². The molecular weight excluding hydrogens is 384 g/mol. The number of carbonyl (C=O) groups excluding carboxylic acids is 1. The minimum Gasteiger partial charge on any atom is -0.357 e. The quantitative estimate of drug-likeness (QED) is 0.395. The van der Waals surface area contributed by atoms with Crippen LogP contribution in [0, 0.1) is 0 Å². The number of nitrogens with one attached hydrogen (secondary N) is 2. The van der Waals surface area contributed by atoms with Gasteiger partial charge in [0, 0.05) is 52.1 Å². The molecule has 29 heavy (non-hydrogen) atoms. The van der Waals surface area contributed by atoms with Crippen LogP contribution in [0.2, 0.25) is 0 Å². The zero-order valence-corrected chi connectivity index (χ0v) is 18.3. The first-order valence-corrected chi connectivity index (χ1v) is 10.9. The van der Waals surface area contributed by atoms with Crippen LogP contribution in [0.3, 0.4) is 0 Å². The second kappa shape index (κ2) is 10.2. The molecule has 0 fully saturated rings. The lowest BCUT2D eigenvalue weighted by atomic mass is 10.1. The Kier molecular flexibility index (Phi) is 7.46. The maximum Gasteiger partial charge on any atom is 0.223 e.